The molecular formula is C19H25BrN2O5. The predicted octanol–water partition coefficient (Wildman–Crippen LogP) is 3.83. The van der Waals surface area contributed by atoms with Crippen molar-refractivity contribution >= 4 is 27.9 Å². The van der Waals surface area contributed by atoms with E-state index in [4.69, 9.17) is 14.2 Å². The lowest BCUT2D eigenvalue weighted by Gasteiger charge is -2.29. The lowest BCUT2D eigenvalue weighted by atomic mass is 9.95. The molecule has 0 aliphatic carbocycles. The lowest BCUT2D eigenvalue weighted by Crippen LogP contribution is -2.45. The summed E-state index contributed by atoms with van der Waals surface area (Å²) in [5.74, 6) is 0.629. The third kappa shape index (κ3) is 4.94. The number of benzene rings is 1. The van der Waals surface area contributed by atoms with Gasteiger partial charge in [-0.2, -0.15) is 0 Å². The molecule has 7 nitrogen and oxygen atoms in total. The van der Waals surface area contributed by atoms with Crippen LogP contribution >= 0.6 is 15.9 Å². The maximum Gasteiger partial charge on any atom is 0.338 e. The van der Waals surface area contributed by atoms with Crippen molar-refractivity contribution in [1.29, 1.82) is 0 Å². The zero-order chi connectivity index (χ0) is 20.1. The van der Waals surface area contributed by atoms with E-state index in [1.54, 1.807) is 32.9 Å². The average Bonchev–Trinajstić information content (AvgIpc) is 2.56. The molecule has 1 aliphatic rings. The van der Waals surface area contributed by atoms with Crippen LogP contribution in [0, 0.1) is 0 Å². The first-order valence-electron chi connectivity index (χ1n) is 8.86. The first kappa shape index (κ1) is 21.1. The quantitative estimate of drug-likeness (QED) is 0.629. The highest BCUT2D eigenvalue weighted by Gasteiger charge is 2.33. The van der Waals surface area contributed by atoms with Crippen LogP contribution in [0.1, 0.15) is 46.2 Å². The van der Waals surface area contributed by atoms with Crippen molar-refractivity contribution in [1.82, 2.24) is 10.6 Å². The van der Waals surface area contributed by atoms with Crippen molar-refractivity contribution in [2.75, 3.05) is 13.2 Å². The smallest absolute Gasteiger partial charge is 0.338 e. The minimum atomic E-state index is -0.670. The van der Waals surface area contributed by atoms with Gasteiger partial charge in [0.1, 0.15) is 0 Å². The molecule has 2 amide bonds. The summed E-state index contributed by atoms with van der Waals surface area (Å²) in [6.45, 7) is 9.92. The Bertz CT molecular complexity index is 761. The van der Waals surface area contributed by atoms with Crippen LogP contribution < -0.4 is 20.1 Å². The number of urea groups is 1. The molecule has 2 rings (SSSR count). The van der Waals surface area contributed by atoms with E-state index in [-0.39, 0.29) is 12.1 Å². The second-order valence-electron chi connectivity index (χ2n) is 6.22. The van der Waals surface area contributed by atoms with E-state index in [1.807, 2.05) is 13.8 Å². The molecule has 0 fully saturated rings. The zero-order valence-corrected chi connectivity index (χ0v) is 17.7. The molecule has 0 bridgehead atoms. The van der Waals surface area contributed by atoms with Crippen LogP contribution in [-0.2, 0) is 9.53 Å². The number of esters is 1. The summed E-state index contributed by atoms with van der Waals surface area (Å²) in [6, 6.07) is 2.52. The maximum absolute atomic E-state index is 12.6. The highest BCUT2D eigenvalue weighted by atomic mass is 79.9. The third-order valence-electron chi connectivity index (χ3n) is 3.79. The standard InChI is InChI=1S/C19H25BrN2O5/c1-6-25-14-9-12(8-13(20)17(14)26-7-2)16-15(18(23)27-10(3)4)11(5)21-19(24)22-16/h8-10,16H,6-7H2,1-5H3,(H2,21,22,24). The molecule has 1 atom stereocenters. The van der Waals surface area contributed by atoms with Crippen LogP contribution in [0.2, 0.25) is 0 Å². The van der Waals surface area contributed by atoms with E-state index in [9.17, 15) is 9.59 Å². The van der Waals surface area contributed by atoms with Crippen LogP contribution in [0.15, 0.2) is 27.9 Å². The highest BCUT2D eigenvalue weighted by Crippen LogP contribution is 2.40. The molecule has 1 heterocycles. The first-order chi connectivity index (χ1) is 12.8. The highest BCUT2D eigenvalue weighted by molar-refractivity contribution is 9.10. The van der Waals surface area contributed by atoms with Gasteiger partial charge in [0.25, 0.3) is 0 Å². The molecule has 27 heavy (non-hydrogen) atoms. The number of carbonyl (C=O) groups excluding carboxylic acids is 2. The van der Waals surface area contributed by atoms with Gasteiger partial charge in [-0.3, -0.25) is 0 Å². The monoisotopic (exact) mass is 440 g/mol. The number of amides is 2. The van der Waals surface area contributed by atoms with Crippen LogP contribution in [-0.4, -0.2) is 31.3 Å². The Kier molecular flexibility index (Phi) is 7.12. The molecule has 0 saturated carbocycles. The topological polar surface area (TPSA) is 85.9 Å². The Morgan fingerprint density at radius 2 is 1.89 bits per heavy atom. The molecule has 1 aromatic rings. The van der Waals surface area contributed by atoms with Gasteiger partial charge < -0.3 is 24.8 Å². The molecule has 148 valence electrons. The van der Waals surface area contributed by atoms with Gasteiger partial charge in [0, 0.05) is 5.70 Å². The molecule has 0 saturated heterocycles. The van der Waals surface area contributed by atoms with E-state index < -0.39 is 12.0 Å². The Labute approximate surface area is 167 Å². The van der Waals surface area contributed by atoms with E-state index in [0.717, 1.165) is 0 Å². The predicted molar refractivity (Wildman–Crippen MR) is 105 cm³/mol. The van der Waals surface area contributed by atoms with E-state index >= 15 is 0 Å². The van der Waals surface area contributed by atoms with Gasteiger partial charge in [0.15, 0.2) is 11.5 Å². The van der Waals surface area contributed by atoms with Gasteiger partial charge >= 0.3 is 12.0 Å². The summed E-state index contributed by atoms with van der Waals surface area (Å²) in [5, 5.41) is 5.42. The molecule has 2 N–H and O–H groups in total. The van der Waals surface area contributed by atoms with Crippen molar-refractivity contribution in [3.8, 4) is 11.5 Å². The first-order valence-corrected chi connectivity index (χ1v) is 9.66. The minimum Gasteiger partial charge on any atom is -0.490 e. The number of ether oxygens (including phenoxy) is 3. The van der Waals surface area contributed by atoms with Gasteiger partial charge in [-0.25, -0.2) is 9.59 Å². The van der Waals surface area contributed by atoms with Gasteiger partial charge in [-0.15, -0.1) is 0 Å². The largest absolute Gasteiger partial charge is 0.490 e. The maximum atomic E-state index is 12.6. The van der Waals surface area contributed by atoms with Crippen LogP contribution in [0.5, 0.6) is 11.5 Å². The Morgan fingerprint density at radius 3 is 2.48 bits per heavy atom. The fraction of sp³-hybridized carbons (Fsp3) is 0.474. The Hall–Kier alpha value is -2.22. The third-order valence-corrected chi connectivity index (χ3v) is 4.37. The van der Waals surface area contributed by atoms with Gasteiger partial charge in [0.2, 0.25) is 0 Å². The Balaban J connectivity index is 2.53. The van der Waals surface area contributed by atoms with Crippen molar-refractivity contribution in [2.45, 2.75) is 46.8 Å². The molecule has 0 radical (unpaired) electrons. The number of rotatable bonds is 7. The number of hydrogen-bond acceptors (Lipinski definition) is 5. The van der Waals surface area contributed by atoms with Crippen LogP contribution in [0.4, 0.5) is 4.79 Å². The zero-order valence-electron chi connectivity index (χ0n) is 16.1. The summed E-state index contributed by atoms with van der Waals surface area (Å²) in [4.78, 5) is 24.7. The fourth-order valence-corrected chi connectivity index (χ4v) is 3.37. The summed E-state index contributed by atoms with van der Waals surface area (Å²) >= 11 is 3.50. The SMILES string of the molecule is CCOc1cc(C2NC(=O)NC(C)=C2C(=O)OC(C)C)cc(Br)c1OCC. The molecule has 1 aromatic carbocycles. The molecule has 1 aliphatic heterocycles. The molecular weight excluding hydrogens is 416 g/mol. The van der Waals surface area contributed by atoms with Crippen molar-refractivity contribution < 1.29 is 23.8 Å². The molecule has 1 unspecified atom stereocenters. The molecule has 8 heteroatoms. The average molecular weight is 441 g/mol. The van der Waals surface area contributed by atoms with E-state index in [0.29, 0.717) is 46.0 Å². The number of nitrogens with one attached hydrogen (secondary N) is 2. The number of halogens is 1. The van der Waals surface area contributed by atoms with Gasteiger partial charge in [0.05, 0.1) is 35.4 Å². The van der Waals surface area contributed by atoms with Crippen molar-refractivity contribution in [3.63, 3.8) is 0 Å². The molecule has 0 aromatic heterocycles. The molecule has 0 spiro atoms. The second-order valence-corrected chi connectivity index (χ2v) is 7.07. The van der Waals surface area contributed by atoms with E-state index in [1.165, 1.54) is 0 Å². The van der Waals surface area contributed by atoms with Crippen molar-refractivity contribution in [3.05, 3.63) is 33.4 Å². The van der Waals surface area contributed by atoms with Gasteiger partial charge in [-0.1, -0.05) is 0 Å². The second kappa shape index (κ2) is 9.12. The summed E-state index contributed by atoms with van der Waals surface area (Å²) in [6.07, 6.45) is -0.276. The lowest BCUT2D eigenvalue weighted by molar-refractivity contribution is -0.143. The van der Waals surface area contributed by atoms with Crippen LogP contribution in [0.3, 0.4) is 0 Å². The van der Waals surface area contributed by atoms with Gasteiger partial charge in [-0.05, 0) is 68.2 Å². The van der Waals surface area contributed by atoms with Crippen molar-refractivity contribution in [2.24, 2.45) is 0 Å². The number of carbonyl (C=O) groups is 2. The Morgan fingerprint density at radius 1 is 1.22 bits per heavy atom. The van der Waals surface area contributed by atoms with Crippen LogP contribution in [0.25, 0.3) is 0 Å². The normalized spacial score (nSPS) is 16.7. The minimum absolute atomic E-state index is 0.276. The summed E-state index contributed by atoms with van der Waals surface area (Å²) in [5.41, 5.74) is 1.48. The number of allylic oxidation sites excluding steroid dienone is 1. The summed E-state index contributed by atoms with van der Waals surface area (Å²) < 4.78 is 17.4. The summed E-state index contributed by atoms with van der Waals surface area (Å²) in [7, 11) is 0. The van der Waals surface area contributed by atoms with E-state index in [2.05, 4.69) is 26.6 Å². The number of hydrogen-bond donors (Lipinski definition) is 2. The fourth-order valence-electron chi connectivity index (χ4n) is 2.79.